The van der Waals surface area contributed by atoms with E-state index < -0.39 is 0 Å². The molecule has 28 heavy (non-hydrogen) atoms. The molecule has 2 aromatic carbocycles. The van der Waals surface area contributed by atoms with Crippen LogP contribution in [-0.2, 0) is 11.3 Å². The average molecular weight is 379 g/mol. The Hall–Kier alpha value is -3.35. The lowest BCUT2D eigenvalue weighted by molar-refractivity contribution is -0.122. The van der Waals surface area contributed by atoms with Gasteiger partial charge in [-0.15, -0.1) is 0 Å². The van der Waals surface area contributed by atoms with Gasteiger partial charge in [-0.25, -0.2) is 4.98 Å². The van der Waals surface area contributed by atoms with Gasteiger partial charge in [0.05, 0.1) is 23.3 Å². The van der Waals surface area contributed by atoms with Crippen LogP contribution < -0.4 is 20.3 Å². The number of fused-ring (bicyclic) bond motifs is 2. The third kappa shape index (κ3) is 3.55. The summed E-state index contributed by atoms with van der Waals surface area (Å²) >= 11 is 0. The molecule has 4 rings (SSSR count). The monoisotopic (exact) mass is 379 g/mol. The Bertz CT molecular complexity index is 1110. The van der Waals surface area contributed by atoms with Gasteiger partial charge in [-0.1, -0.05) is 17.7 Å². The molecule has 1 aromatic heterocycles. The predicted molar refractivity (Wildman–Crippen MR) is 105 cm³/mol. The number of rotatable bonds is 4. The Kier molecular flexibility index (Phi) is 4.73. The number of hydrogen-bond donors (Lipinski definition) is 1. The van der Waals surface area contributed by atoms with Gasteiger partial charge in [0.25, 0.3) is 5.56 Å². The fraction of sp³-hybridized carbons (Fsp3) is 0.286. The van der Waals surface area contributed by atoms with Crippen LogP contribution in [0.25, 0.3) is 10.9 Å². The molecule has 0 spiro atoms. The second-order valence-electron chi connectivity index (χ2n) is 6.89. The maximum absolute atomic E-state index is 12.6. The molecule has 0 radical (unpaired) electrons. The summed E-state index contributed by atoms with van der Waals surface area (Å²) in [5, 5.41) is 3.42. The number of nitrogens with one attached hydrogen (secondary N) is 1. The van der Waals surface area contributed by atoms with E-state index in [1.807, 2.05) is 38.1 Å². The minimum Gasteiger partial charge on any atom is -0.486 e. The van der Waals surface area contributed by atoms with Gasteiger partial charge in [0.15, 0.2) is 11.5 Å². The topological polar surface area (TPSA) is 82.5 Å². The number of ether oxygens (including phenoxy) is 2. The predicted octanol–water partition coefficient (Wildman–Crippen LogP) is 2.35. The van der Waals surface area contributed by atoms with E-state index >= 15 is 0 Å². The fourth-order valence-corrected chi connectivity index (χ4v) is 3.24. The minimum atomic E-state index is -0.265. The molecule has 1 aliphatic heterocycles. The molecular formula is C21H21N3O4. The van der Waals surface area contributed by atoms with Crippen molar-refractivity contribution >= 4 is 16.8 Å². The van der Waals surface area contributed by atoms with Crippen LogP contribution in [0.5, 0.6) is 11.5 Å². The van der Waals surface area contributed by atoms with E-state index in [0.29, 0.717) is 35.6 Å². The van der Waals surface area contributed by atoms with Crippen LogP contribution >= 0.6 is 0 Å². The van der Waals surface area contributed by atoms with Gasteiger partial charge < -0.3 is 14.8 Å². The molecule has 7 heteroatoms. The van der Waals surface area contributed by atoms with E-state index in [4.69, 9.17) is 9.47 Å². The summed E-state index contributed by atoms with van der Waals surface area (Å²) in [7, 11) is 0. The first-order valence-electron chi connectivity index (χ1n) is 9.16. The van der Waals surface area contributed by atoms with Crippen molar-refractivity contribution < 1.29 is 14.3 Å². The zero-order valence-electron chi connectivity index (χ0n) is 15.8. The molecule has 2 heterocycles. The lowest BCUT2D eigenvalue weighted by Gasteiger charge is -2.21. The summed E-state index contributed by atoms with van der Waals surface area (Å²) in [4.78, 5) is 29.4. The second-order valence-corrected chi connectivity index (χ2v) is 6.89. The van der Waals surface area contributed by atoms with Gasteiger partial charge >= 0.3 is 0 Å². The minimum absolute atomic E-state index is 0.0927. The van der Waals surface area contributed by atoms with Crippen molar-refractivity contribution in [3.05, 3.63) is 64.2 Å². The number of benzene rings is 2. The highest BCUT2D eigenvalue weighted by Crippen LogP contribution is 2.32. The first-order valence-corrected chi connectivity index (χ1v) is 9.16. The van der Waals surface area contributed by atoms with E-state index in [1.165, 1.54) is 10.9 Å². The van der Waals surface area contributed by atoms with Crippen molar-refractivity contribution in [1.29, 1.82) is 0 Å². The van der Waals surface area contributed by atoms with Gasteiger partial charge in [0, 0.05) is 0 Å². The molecule has 3 aromatic rings. The third-order valence-electron chi connectivity index (χ3n) is 4.74. The van der Waals surface area contributed by atoms with Crippen molar-refractivity contribution in [2.24, 2.45) is 0 Å². The van der Waals surface area contributed by atoms with Gasteiger partial charge in [-0.05, 0) is 43.7 Å². The SMILES string of the molecule is Cc1ccc2ncn(CC(=O)N[C@@H](C)c3ccc4c(c3)OCCO4)c(=O)c2c1. The first-order chi connectivity index (χ1) is 13.5. The Morgan fingerprint density at radius 1 is 1.18 bits per heavy atom. The molecule has 0 saturated carbocycles. The van der Waals surface area contributed by atoms with Crippen LogP contribution in [-0.4, -0.2) is 28.7 Å². The Labute approximate surface area is 161 Å². The molecular weight excluding hydrogens is 358 g/mol. The van der Waals surface area contributed by atoms with Crippen LogP contribution in [0.2, 0.25) is 0 Å². The zero-order chi connectivity index (χ0) is 19.7. The van der Waals surface area contributed by atoms with Crippen molar-refractivity contribution in [3.8, 4) is 11.5 Å². The van der Waals surface area contributed by atoms with E-state index in [0.717, 1.165) is 11.1 Å². The molecule has 0 saturated heterocycles. The number of hydrogen-bond acceptors (Lipinski definition) is 5. The van der Waals surface area contributed by atoms with Crippen LogP contribution in [0.4, 0.5) is 0 Å². The summed E-state index contributed by atoms with van der Waals surface area (Å²) in [5.41, 5.74) is 2.27. The van der Waals surface area contributed by atoms with Gasteiger partial charge in [-0.2, -0.15) is 0 Å². The van der Waals surface area contributed by atoms with Gasteiger partial charge in [-0.3, -0.25) is 14.2 Å². The molecule has 1 atom stereocenters. The number of aryl methyl sites for hydroxylation is 1. The number of amides is 1. The summed E-state index contributed by atoms with van der Waals surface area (Å²) < 4.78 is 12.4. The fourth-order valence-electron chi connectivity index (χ4n) is 3.24. The lowest BCUT2D eigenvalue weighted by Crippen LogP contribution is -2.34. The van der Waals surface area contributed by atoms with E-state index in [-0.39, 0.29) is 24.1 Å². The number of carbonyl (C=O) groups is 1. The highest BCUT2D eigenvalue weighted by atomic mass is 16.6. The quantitative estimate of drug-likeness (QED) is 0.752. The van der Waals surface area contributed by atoms with Crippen molar-refractivity contribution in [2.45, 2.75) is 26.4 Å². The molecule has 7 nitrogen and oxygen atoms in total. The molecule has 144 valence electrons. The number of carbonyl (C=O) groups excluding carboxylic acids is 1. The van der Waals surface area contributed by atoms with Crippen LogP contribution in [0, 0.1) is 6.92 Å². The molecule has 0 unspecified atom stereocenters. The Morgan fingerprint density at radius 2 is 1.96 bits per heavy atom. The molecule has 1 amide bonds. The maximum atomic E-state index is 12.6. The Morgan fingerprint density at radius 3 is 2.79 bits per heavy atom. The number of aromatic nitrogens is 2. The lowest BCUT2D eigenvalue weighted by atomic mass is 10.1. The smallest absolute Gasteiger partial charge is 0.261 e. The summed E-state index contributed by atoms with van der Waals surface area (Å²) in [5.74, 6) is 1.12. The summed E-state index contributed by atoms with van der Waals surface area (Å²) in [6.07, 6.45) is 1.41. The summed E-state index contributed by atoms with van der Waals surface area (Å²) in [6, 6.07) is 10.9. The van der Waals surface area contributed by atoms with E-state index in [2.05, 4.69) is 10.3 Å². The molecule has 1 aliphatic rings. The van der Waals surface area contributed by atoms with Gasteiger partial charge in [0.2, 0.25) is 5.91 Å². The molecule has 0 aliphatic carbocycles. The second kappa shape index (κ2) is 7.34. The first kappa shape index (κ1) is 18.0. The highest BCUT2D eigenvalue weighted by molar-refractivity contribution is 5.79. The van der Waals surface area contributed by atoms with Crippen LogP contribution in [0.1, 0.15) is 24.1 Å². The molecule has 0 fully saturated rings. The Balaban J connectivity index is 1.49. The summed E-state index contributed by atoms with van der Waals surface area (Å²) in [6.45, 7) is 4.75. The highest BCUT2D eigenvalue weighted by Gasteiger charge is 2.16. The normalized spacial score (nSPS) is 13.9. The standard InChI is InChI=1S/C21H21N3O4/c1-13-3-5-17-16(9-13)21(26)24(12-22-17)11-20(25)23-14(2)15-4-6-18-19(10-15)28-8-7-27-18/h3-6,9-10,12,14H,7-8,11H2,1-2H3,(H,23,25)/t14-/m0/s1. The third-order valence-corrected chi connectivity index (χ3v) is 4.74. The van der Waals surface area contributed by atoms with Crippen LogP contribution in [0.3, 0.4) is 0 Å². The van der Waals surface area contributed by atoms with Crippen molar-refractivity contribution in [2.75, 3.05) is 13.2 Å². The molecule has 0 bridgehead atoms. The van der Waals surface area contributed by atoms with E-state index in [1.54, 1.807) is 12.1 Å². The average Bonchev–Trinajstić information content (AvgIpc) is 2.70. The number of nitrogens with zero attached hydrogens (tertiary/aromatic N) is 2. The van der Waals surface area contributed by atoms with E-state index in [9.17, 15) is 9.59 Å². The maximum Gasteiger partial charge on any atom is 0.261 e. The zero-order valence-corrected chi connectivity index (χ0v) is 15.8. The molecule has 1 N–H and O–H groups in total. The van der Waals surface area contributed by atoms with Crippen molar-refractivity contribution in [1.82, 2.24) is 14.9 Å². The largest absolute Gasteiger partial charge is 0.486 e. The van der Waals surface area contributed by atoms with Gasteiger partial charge in [0.1, 0.15) is 19.8 Å². The van der Waals surface area contributed by atoms with Crippen molar-refractivity contribution in [3.63, 3.8) is 0 Å². The van der Waals surface area contributed by atoms with Crippen LogP contribution in [0.15, 0.2) is 47.5 Å².